The van der Waals surface area contributed by atoms with Gasteiger partial charge < -0.3 is 14.6 Å². The highest BCUT2D eigenvalue weighted by molar-refractivity contribution is 7.99. The minimum atomic E-state index is -0.0185. The van der Waals surface area contributed by atoms with Crippen LogP contribution in [-0.2, 0) is 18.3 Å². The number of aromatic nitrogens is 2. The summed E-state index contributed by atoms with van der Waals surface area (Å²) in [6.07, 6.45) is 0.727. The van der Waals surface area contributed by atoms with Gasteiger partial charge in [-0.3, -0.25) is 4.79 Å². The molecule has 1 N–H and O–H groups in total. The van der Waals surface area contributed by atoms with E-state index in [0.29, 0.717) is 17.3 Å². The summed E-state index contributed by atoms with van der Waals surface area (Å²) in [5.74, 6) is 1.14. The summed E-state index contributed by atoms with van der Waals surface area (Å²) in [7, 11) is 3.59. The van der Waals surface area contributed by atoms with Gasteiger partial charge in [-0.2, -0.15) is 0 Å². The summed E-state index contributed by atoms with van der Waals surface area (Å²) in [6.45, 7) is 0.567. The number of para-hydroxylation sites is 1. The van der Waals surface area contributed by atoms with E-state index in [2.05, 4.69) is 10.3 Å². The molecule has 136 valence electrons. The third-order valence-electron chi connectivity index (χ3n) is 4.04. The first-order valence-electron chi connectivity index (χ1n) is 8.22. The van der Waals surface area contributed by atoms with E-state index < -0.39 is 0 Å². The van der Waals surface area contributed by atoms with E-state index in [-0.39, 0.29) is 5.91 Å². The summed E-state index contributed by atoms with van der Waals surface area (Å²) in [6, 6.07) is 13.4. The van der Waals surface area contributed by atoms with Gasteiger partial charge in [0.25, 0.3) is 0 Å². The first-order valence-corrected chi connectivity index (χ1v) is 9.58. The average molecular weight is 390 g/mol. The Morgan fingerprint density at radius 3 is 2.92 bits per heavy atom. The first-order chi connectivity index (χ1) is 12.6. The Labute approximate surface area is 161 Å². The summed E-state index contributed by atoms with van der Waals surface area (Å²) in [4.78, 5) is 16.7. The van der Waals surface area contributed by atoms with Crippen LogP contribution in [0.4, 0.5) is 0 Å². The highest BCUT2D eigenvalue weighted by Crippen LogP contribution is 2.25. The van der Waals surface area contributed by atoms with E-state index in [1.807, 2.05) is 54.1 Å². The molecule has 7 heteroatoms. The van der Waals surface area contributed by atoms with Gasteiger partial charge in [0.1, 0.15) is 5.75 Å². The van der Waals surface area contributed by atoms with Crippen LogP contribution in [0.25, 0.3) is 11.0 Å². The third kappa shape index (κ3) is 4.31. The fourth-order valence-corrected chi connectivity index (χ4v) is 3.69. The number of imidazole rings is 1. The molecule has 0 radical (unpaired) electrons. The molecule has 0 aliphatic rings. The molecular formula is C19H20ClN3O2S. The van der Waals surface area contributed by atoms with Crippen LogP contribution in [0.5, 0.6) is 5.75 Å². The SMILES string of the molecule is COc1ccccc1CCNC(=O)CSc1nc2cc(Cl)ccc2n1C. The van der Waals surface area contributed by atoms with Crippen molar-refractivity contribution >= 4 is 40.3 Å². The Bertz CT molecular complexity index is 926. The lowest BCUT2D eigenvalue weighted by Gasteiger charge is -2.09. The second kappa shape index (κ2) is 8.47. The second-order valence-corrected chi connectivity index (χ2v) is 7.17. The first kappa shape index (κ1) is 18.6. The molecule has 0 atom stereocenters. The quantitative estimate of drug-likeness (QED) is 0.626. The predicted octanol–water partition coefficient (Wildman–Crippen LogP) is 3.69. The van der Waals surface area contributed by atoms with Gasteiger partial charge in [-0.05, 0) is 36.2 Å². The standard InChI is InChI=1S/C19H20ClN3O2S/c1-23-16-8-7-14(20)11-15(16)22-19(23)26-12-18(24)21-10-9-13-5-3-4-6-17(13)25-2/h3-8,11H,9-10,12H2,1-2H3,(H,21,24). The number of hydrogen-bond donors (Lipinski definition) is 1. The lowest BCUT2D eigenvalue weighted by atomic mass is 10.1. The molecule has 0 saturated carbocycles. The molecule has 0 fully saturated rings. The van der Waals surface area contributed by atoms with Gasteiger partial charge in [0.05, 0.1) is 23.9 Å². The van der Waals surface area contributed by atoms with Crippen molar-refractivity contribution in [3.8, 4) is 5.75 Å². The molecular weight excluding hydrogens is 370 g/mol. The highest BCUT2D eigenvalue weighted by Gasteiger charge is 2.11. The molecule has 0 aliphatic carbocycles. The van der Waals surface area contributed by atoms with Crippen molar-refractivity contribution in [2.24, 2.45) is 7.05 Å². The second-order valence-electron chi connectivity index (χ2n) is 5.79. The van der Waals surface area contributed by atoms with Crippen LogP contribution in [0.3, 0.4) is 0 Å². The van der Waals surface area contributed by atoms with E-state index in [1.165, 1.54) is 11.8 Å². The largest absolute Gasteiger partial charge is 0.496 e. The van der Waals surface area contributed by atoms with E-state index in [9.17, 15) is 4.79 Å². The monoisotopic (exact) mass is 389 g/mol. The summed E-state index contributed by atoms with van der Waals surface area (Å²) in [5, 5.41) is 4.39. The van der Waals surface area contributed by atoms with E-state index in [4.69, 9.17) is 16.3 Å². The molecule has 0 spiro atoms. The van der Waals surface area contributed by atoms with Crippen molar-refractivity contribution in [2.45, 2.75) is 11.6 Å². The Morgan fingerprint density at radius 1 is 1.31 bits per heavy atom. The Hall–Kier alpha value is -2.18. The molecule has 1 heterocycles. The smallest absolute Gasteiger partial charge is 0.230 e. The van der Waals surface area contributed by atoms with Gasteiger partial charge in [0.15, 0.2) is 5.16 Å². The Balaban J connectivity index is 1.52. The van der Waals surface area contributed by atoms with Crippen molar-refractivity contribution in [1.82, 2.24) is 14.9 Å². The molecule has 0 unspecified atom stereocenters. The van der Waals surface area contributed by atoms with Crippen LogP contribution < -0.4 is 10.1 Å². The number of aryl methyl sites for hydroxylation is 1. The maximum atomic E-state index is 12.1. The molecule has 26 heavy (non-hydrogen) atoms. The number of thioether (sulfide) groups is 1. The number of carbonyl (C=O) groups is 1. The van der Waals surface area contributed by atoms with Crippen LogP contribution >= 0.6 is 23.4 Å². The number of fused-ring (bicyclic) bond motifs is 1. The molecule has 0 saturated heterocycles. The Morgan fingerprint density at radius 2 is 2.12 bits per heavy atom. The van der Waals surface area contributed by atoms with E-state index >= 15 is 0 Å². The highest BCUT2D eigenvalue weighted by atomic mass is 35.5. The van der Waals surface area contributed by atoms with Crippen LogP contribution in [0, 0.1) is 0 Å². The van der Waals surface area contributed by atoms with Crippen LogP contribution in [0.2, 0.25) is 5.02 Å². The van der Waals surface area contributed by atoms with Gasteiger partial charge in [0.2, 0.25) is 5.91 Å². The number of methoxy groups -OCH3 is 1. The van der Waals surface area contributed by atoms with Crippen molar-refractivity contribution in [3.63, 3.8) is 0 Å². The van der Waals surface area contributed by atoms with Gasteiger partial charge >= 0.3 is 0 Å². The van der Waals surface area contributed by atoms with Crippen molar-refractivity contribution in [3.05, 3.63) is 53.1 Å². The van der Waals surface area contributed by atoms with Gasteiger partial charge in [-0.1, -0.05) is 41.6 Å². The number of benzene rings is 2. The maximum absolute atomic E-state index is 12.1. The number of ether oxygens (including phenoxy) is 1. The third-order valence-corrected chi connectivity index (χ3v) is 5.31. The molecule has 1 aromatic heterocycles. The lowest BCUT2D eigenvalue weighted by molar-refractivity contribution is -0.118. The number of nitrogens with zero attached hydrogens (tertiary/aromatic N) is 2. The molecule has 1 amide bonds. The fraction of sp³-hybridized carbons (Fsp3) is 0.263. The topological polar surface area (TPSA) is 56.1 Å². The van der Waals surface area contributed by atoms with E-state index in [0.717, 1.165) is 33.9 Å². The van der Waals surface area contributed by atoms with Crippen molar-refractivity contribution in [2.75, 3.05) is 19.4 Å². The summed E-state index contributed by atoms with van der Waals surface area (Å²) >= 11 is 7.42. The zero-order valence-corrected chi connectivity index (χ0v) is 16.2. The molecule has 0 bridgehead atoms. The zero-order chi connectivity index (χ0) is 18.5. The van der Waals surface area contributed by atoms with Gasteiger partial charge in [-0.15, -0.1) is 0 Å². The minimum Gasteiger partial charge on any atom is -0.496 e. The van der Waals surface area contributed by atoms with Gasteiger partial charge in [-0.25, -0.2) is 4.98 Å². The maximum Gasteiger partial charge on any atom is 0.230 e. The normalized spacial score (nSPS) is 10.9. The molecule has 3 rings (SSSR count). The number of halogens is 1. The molecule has 5 nitrogen and oxygen atoms in total. The fourth-order valence-electron chi connectivity index (χ4n) is 2.71. The molecule has 0 aliphatic heterocycles. The van der Waals surface area contributed by atoms with Crippen LogP contribution in [-0.4, -0.2) is 34.9 Å². The number of carbonyl (C=O) groups excluding carboxylic acids is 1. The van der Waals surface area contributed by atoms with Crippen molar-refractivity contribution in [1.29, 1.82) is 0 Å². The van der Waals surface area contributed by atoms with Crippen LogP contribution in [0.15, 0.2) is 47.6 Å². The Kier molecular flexibility index (Phi) is 6.06. The van der Waals surface area contributed by atoms with Crippen molar-refractivity contribution < 1.29 is 9.53 Å². The van der Waals surface area contributed by atoms with Crippen LogP contribution in [0.1, 0.15) is 5.56 Å². The number of rotatable bonds is 7. The lowest BCUT2D eigenvalue weighted by Crippen LogP contribution is -2.27. The molecule has 3 aromatic rings. The zero-order valence-electron chi connectivity index (χ0n) is 14.7. The van der Waals surface area contributed by atoms with Gasteiger partial charge in [0, 0.05) is 18.6 Å². The number of amides is 1. The number of hydrogen-bond acceptors (Lipinski definition) is 4. The van der Waals surface area contributed by atoms with E-state index in [1.54, 1.807) is 7.11 Å². The predicted molar refractivity (Wildman–Crippen MR) is 106 cm³/mol. The number of nitrogens with one attached hydrogen (secondary N) is 1. The molecule has 2 aromatic carbocycles. The average Bonchev–Trinajstić information content (AvgIpc) is 2.95. The summed E-state index contributed by atoms with van der Waals surface area (Å²) < 4.78 is 7.29. The summed E-state index contributed by atoms with van der Waals surface area (Å²) in [5.41, 5.74) is 2.91. The minimum absolute atomic E-state index is 0.0185.